The van der Waals surface area contributed by atoms with Gasteiger partial charge in [0.15, 0.2) is 3.58 Å². The molecule has 0 spiro atoms. The van der Waals surface area contributed by atoms with Crippen LogP contribution in [0.5, 0.6) is 0 Å². The summed E-state index contributed by atoms with van der Waals surface area (Å²) in [5.74, 6) is 0.945. The predicted molar refractivity (Wildman–Crippen MR) is 32.5 cm³/mol. The molecule has 0 N–H and O–H groups in total. The van der Waals surface area contributed by atoms with Gasteiger partial charge >= 0.3 is 0 Å². The topological polar surface area (TPSA) is 0 Å². The van der Waals surface area contributed by atoms with Crippen molar-refractivity contribution in [3.63, 3.8) is 0 Å². The molecular weight excluding hydrogens is 211 g/mol. The summed E-state index contributed by atoms with van der Waals surface area (Å²) in [6.07, 6.45) is 6.43. The molecule has 1 atom stereocenters. The van der Waals surface area contributed by atoms with E-state index in [4.69, 9.17) is 0 Å². The Morgan fingerprint density at radius 1 is 1.75 bits per heavy atom. The quantitative estimate of drug-likeness (QED) is 0.461. The van der Waals surface area contributed by atoms with Gasteiger partial charge in [-0.25, -0.2) is 0 Å². The standard InChI is InChI=1S/C7H12I/c1-6-2-4-7(8)5-3-6/h4,6,8H,2-3,5H2,1H3/q+1. The number of rotatable bonds is 0. The van der Waals surface area contributed by atoms with Crippen LogP contribution < -0.4 is 22.6 Å². The molecule has 1 unspecified atom stereocenters. The number of hydrogen-bond donors (Lipinski definition) is 0. The molecule has 0 aromatic carbocycles. The lowest BCUT2D eigenvalue weighted by molar-refractivity contribution is -0.308. The first-order valence-electron chi connectivity index (χ1n) is 3.15. The minimum absolute atomic E-state index is 0.945. The molecule has 46 valence electrons. The van der Waals surface area contributed by atoms with E-state index in [0.717, 1.165) is 5.92 Å². The Bertz CT molecular complexity index is 105. The third-order valence-electron chi connectivity index (χ3n) is 1.63. The molecule has 8 heavy (non-hydrogen) atoms. The van der Waals surface area contributed by atoms with Crippen LogP contribution in [0.3, 0.4) is 0 Å². The second-order valence-corrected chi connectivity index (χ2v) is 4.05. The fourth-order valence-electron chi connectivity index (χ4n) is 0.941. The van der Waals surface area contributed by atoms with Crippen molar-refractivity contribution in [1.82, 2.24) is 0 Å². The van der Waals surface area contributed by atoms with Crippen molar-refractivity contribution in [3.8, 4) is 0 Å². The zero-order valence-electron chi connectivity index (χ0n) is 5.18. The molecule has 0 bridgehead atoms. The zero-order valence-corrected chi connectivity index (χ0v) is 7.51. The van der Waals surface area contributed by atoms with Crippen molar-refractivity contribution < 1.29 is 22.6 Å². The summed E-state index contributed by atoms with van der Waals surface area (Å²) in [5, 5.41) is 0. The van der Waals surface area contributed by atoms with Gasteiger partial charge in [-0.3, -0.25) is 0 Å². The van der Waals surface area contributed by atoms with E-state index in [1.165, 1.54) is 19.3 Å². The summed E-state index contributed by atoms with van der Waals surface area (Å²) in [5.41, 5.74) is 0. The molecule has 1 heteroatoms. The van der Waals surface area contributed by atoms with Crippen LogP contribution in [0.4, 0.5) is 0 Å². The Balaban J connectivity index is 2.42. The molecule has 0 saturated heterocycles. The maximum absolute atomic E-state index is 2.37. The molecule has 0 nitrogen and oxygen atoms in total. The van der Waals surface area contributed by atoms with Gasteiger partial charge in [-0.2, -0.15) is 0 Å². The smallest absolute Gasteiger partial charge is 0.0622 e. The maximum atomic E-state index is 2.37. The van der Waals surface area contributed by atoms with E-state index in [2.05, 4.69) is 35.6 Å². The van der Waals surface area contributed by atoms with Gasteiger partial charge in [-0.15, -0.1) is 0 Å². The van der Waals surface area contributed by atoms with Gasteiger partial charge in [0.2, 0.25) is 0 Å². The molecule has 1 aliphatic rings. The number of allylic oxidation sites excluding steroid dienone is 2. The Labute approximate surface area is 64.5 Å². The van der Waals surface area contributed by atoms with Crippen LogP contribution in [0, 0.1) is 5.92 Å². The minimum Gasteiger partial charge on any atom is -0.0622 e. The lowest BCUT2D eigenvalue weighted by atomic mass is 9.97. The second-order valence-electron chi connectivity index (χ2n) is 2.55. The molecule has 1 aliphatic carbocycles. The van der Waals surface area contributed by atoms with Crippen molar-refractivity contribution in [2.45, 2.75) is 26.2 Å². The van der Waals surface area contributed by atoms with E-state index in [1.54, 1.807) is 3.58 Å². The zero-order chi connectivity index (χ0) is 5.98. The first-order chi connectivity index (χ1) is 3.79. The van der Waals surface area contributed by atoms with Crippen molar-refractivity contribution in [3.05, 3.63) is 9.66 Å². The molecule has 0 heterocycles. The number of hydrogen-bond acceptors (Lipinski definition) is 0. The van der Waals surface area contributed by atoms with Crippen LogP contribution in [0.2, 0.25) is 0 Å². The fourth-order valence-corrected chi connectivity index (χ4v) is 1.55. The van der Waals surface area contributed by atoms with Crippen molar-refractivity contribution in [1.29, 1.82) is 0 Å². The second kappa shape index (κ2) is 2.85. The highest BCUT2D eigenvalue weighted by atomic mass is 127. The minimum atomic E-state index is 0.945. The molecule has 0 aromatic heterocycles. The van der Waals surface area contributed by atoms with E-state index >= 15 is 0 Å². The Morgan fingerprint density at radius 3 is 2.88 bits per heavy atom. The van der Waals surface area contributed by atoms with E-state index in [9.17, 15) is 0 Å². The van der Waals surface area contributed by atoms with Gasteiger partial charge in [0.05, 0.1) is 0 Å². The highest BCUT2D eigenvalue weighted by Gasteiger charge is 2.11. The van der Waals surface area contributed by atoms with Crippen molar-refractivity contribution >= 4 is 0 Å². The van der Waals surface area contributed by atoms with E-state index in [-0.39, 0.29) is 0 Å². The molecule has 0 aliphatic heterocycles. The van der Waals surface area contributed by atoms with Gasteiger partial charge < -0.3 is 0 Å². The van der Waals surface area contributed by atoms with Gasteiger partial charge in [0.1, 0.15) is 0 Å². The van der Waals surface area contributed by atoms with Gasteiger partial charge in [0, 0.05) is 6.42 Å². The molecular formula is C7H12I+. The van der Waals surface area contributed by atoms with Crippen LogP contribution in [-0.4, -0.2) is 0 Å². The Morgan fingerprint density at radius 2 is 2.50 bits per heavy atom. The first kappa shape index (κ1) is 6.59. The van der Waals surface area contributed by atoms with E-state index in [1.807, 2.05) is 0 Å². The van der Waals surface area contributed by atoms with Gasteiger partial charge in [-0.1, -0.05) is 6.92 Å². The van der Waals surface area contributed by atoms with Crippen LogP contribution >= 0.6 is 0 Å². The first-order valence-corrected chi connectivity index (χ1v) is 4.31. The monoisotopic (exact) mass is 223 g/mol. The number of halogens is 1. The fraction of sp³-hybridized carbons (Fsp3) is 0.714. The molecule has 0 radical (unpaired) electrons. The van der Waals surface area contributed by atoms with Gasteiger partial charge in [-0.05, 0) is 24.8 Å². The molecule has 0 amide bonds. The van der Waals surface area contributed by atoms with Crippen LogP contribution in [0.25, 0.3) is 0 Å². The third kappa shape index (κ3) is 1.77. The summed E-state index contributed by atoms with van der Waals surface area (Å²) < 4.78 is 1.60. The average molecular weight is 223 g/mol. The normalized spacial score (nSPS) is 29.8. The molecule has 0 aromatic rings. The summed E-state index contributed by atoms with van der Waals surface area (Å²) in [4.78, 5) is 0. The average Bonchev–Trinajstić information content (AvgIpc) is 1.77. The summed E-state index contributed by atoms with van der Waals surface area (Å²) in [6.45, 7) is 2.32. The van der Waals surface area contributed by atoms with E-state index in [0.29, 0.717) is 0 Å². The van der Waals surface area contributed by atoms with Crippen LogP contribution in [0.15, 0.2) is 9.66 Å². The molecule has 1 rings (SSSR count). The largest absolute Gasteiger partial charge is 0.291 e. The highest BCUT2D eigenvalue weighted by Crippen LogP contribution is 2.17. The van der Waals surface area contributed by atoms with E-state index < -0.39 is 0 Å². The Hall–Kier alpha value is 0.470. The third-order valence-corrected chi connectivity index (χ3v) is 2.69. The highest BCUT2D eigenvalue weighted by molar-refractivity contribution is 4.94. The summed E-state index contributed by atoms with van der Waals surface area (Å²) >= 11 is 2.16. The summed E-state index contributed by atoms with van der Waals surface area (Å²) in [7, 11) is 0. The maximum Gasteiger partial charge on any atom is 0.291 e. The van der Waals surface area contributed by atoms with Crippen molar-refractivity contribution in [2.24, 2.45) is 5.92 Å². The molecule has 0 fully saturated rings. The van der Waals surface area contributed by atoms with Crippen LogP contribution in [0.1, 0.15) is 26.2 Å². The summed E-state index contributed by atoms with van der Waals surface area (Å²) in [6, 6.07) is 0. The predicted octanol–water partition coefficient (Wildman–Crippen LogP) is -1.02. The lowest BCUT2D eigenvalue weighted by Gasteiger charge is -2.09. The molecule has 0 saturated carbocycles. The van der Waals surface area contributed by atoms with Crippen molar-refractivity contribution in [2.75, 3.05) is 0 Å². The SMILES string of the molecule is CC1CC=C([IH+])CC1. The van der Waals surface area contributed by atoms with Gasteiger partial charge in [0.25, 0.3) is 22.6 Å². The van der Waals surface area contributed by atoms with Crippen LogP contribution in [-0.2, 0) is 0 Å². The lowest BCUT2D eigenvalue weighted by Crippen LogP contribution is -3.33. The Kier molecular flexibility index (Phi) is 2.35.